The Balaban J connectivity index is 1.62. The molecule has 3 aromatic rings. The maximum atomic E-state index is 12.7. The van der Waals surface area contributed by atoms with Crippen molar-refractivity contribution in [3.63, 3.8) is 0 Å². The first kappa shape index (κ1) is 19.0. The topological polar surface area (TPSA) is 97.9 Å². The molecule has 11 heteroatoms. The number of amides is 1. The van der Waals surface area contributed by atoms with Crippen molar-refractivity contribution < 1.29 is 22.5 Å². The summed E-state index contributed by atoms with van der Waals surface area (Å²) >= 11 is 0. The molecule has 1 aliphatic rings. The molecule has 0 unspecified atom stereocenters. The van der Waals surface area contributed by atoms with E-state index in [2.05, 4.69) is 25.9 Å². The number of carbonyl (C=O) groups excluding carboxylic acids is 1. The van der Waals surface area contributed by atoms with Gasteiger partial charge in [0.25, 0.3) is 0 Å². The summed E-state index contributed by atoms with van der Waals surface area (Å²) in [7, 11) is 1.69. The van der Waals surface area contributed by atoms with Crippen LogP contribution < -0.4 is 10.6 Å². The van der Waals surface area contributed by atoms with Gasteiger partial charge in [0, 0.05) is 25.5 Å². The van der Waals surface area contributed by atoms with E-state index in [-0.39, 0.29) is 17.6 Å². The average Bonchev–Trinajstić information content (AvgIpc) is 3.35. The van der Waals surface area contributed by atoms with Crippen molar-refractivity contribution in [1.29, 1.82) is 0 Å². The van der Waals surface area contributed by atoms with E-state index >= 15 is 0 Å². The van der Waals surface area contributed by atoms with Gasteiger partial charge in [-0.2, -0.15) is 23.3 Å². The number of alkyl halides is 3. The largest absolute Gasteiger partial charge is 0.416 e. The highest BCUT2D eigenvalue weighted by molar-refractivity contribution is 5.88. The van der Waals surface area contributed by atoms with Gasteiger partial charge >= 0.3 is 6.18 Å². The van der Waals surface area contributed by atoms with Crippen LogP contribution in [-0.2, 0) is 23.4 Å². The molecular formula is C18H17F3N6O2. The molecule has 4 rings (SSSR count). The lowest BCUT2D eigenvalue weighted by atomic mass is 9.89. The molecule has 1 aromatic carbocycles. The number of nitrogens with zero attached hydrogens (tertiary/aromatic N) is 4. The van der Waals surface area contributed by atoms with Crippen molar-refractivity contribution in [2.75, 3.05) is 11.9 Å². The van der Waals surface area contributed by atoms with Gasteiger partial charge in [-0.15, -0.1) is 0 Å². The summed E-state index contributed by atoms with van der Waals surface area (Å²) in [6.07, 6.45) is -2.21. The van der Waals surface area contributed by atoms with Crippen molar-refractivity contribution in [1.82, 2.24) is 25.2 Å². The quantitative estimate of drug-likeness (QED) is 0.691. The van der Waals surface area contributed by atoms with Crippen molar-refractivity contribution in [3.05, 3.63) is 41.9 Å². The number of aryl methyl sites for hydroxylation is 1. The lowest BCUT2D eigenvalue weighted by Gasteiger charge is -2.13. The van der Waals surface area contributed by atoms with Gasteiger partial charge in [0.05, 0.1) is 11.1 Å². The molecule has 152 valence electrons. The molecular weight excluding hydrogens is 389 g/mol. The highest BCUT2D eigenvalue weighted by atomic mass is 19.4. The van der Waals surface area contributed by atoms with E-state index in [1.165, 1.54) is 16.8 Å². The minimum absolute atomic E-state index is 0.179. The van der Waals surface area contributed by atoms with Crippen LogP contribution in [0.2, 0.25) is 0 Å². The predicted octanol–water partition coefficient (Wildman–Crippen LogP) is 3.01. The number of benzene rings is 1. The Morgan fingerprint density at radius 1 is 1.28 bits per heavy atom. The highest BCUT2D eigenvalue weighted by Gasteiger charge is 2.44. The zero-order valence-corrected chi connectivity index (χ0v) is 15.5. The Hall–Kier alpha value is -3.37. The first-order valence-electron chi connectivity index (χ1n) is 8.77. The molecule has 0 saturated carbocycles. The van der Waals surface area contributed by atoms with Crippen molar-refractivity contribution in [3.8, 4) is 11.4 Å². The second-order valence-corrected chi connectivity index (χ2v) is 7.03. The summed E-state index contributed by atoms with van der Waals surface area (Å²) in [6, 6.07) is 4.59. The van der Waals surface area contributed by atoms with Crippen LogP contribution in [0.5, 0.6) is 0 Å². The van der Waals surface area contributed by atoms with Gasteiger partial charge in [0.15, 0.2) is 5.82 Å². The summed E-state index contributed by atoms with van der Waals surface area (Å²) in [4.78, 5) is 16.5. The highest BCUT2D eigenvalue weighted by Crippen LogP contribution is 2.34. The molecule has 0 radical (unpaired) electrons. The second-order valence-electron chi connectivity index (χ2n) is 7.03. The van der Waals surface area contributed by atoms with E-state index in [1.807, 2.05) is 0 Å². The first-order chi connectivity index (χ1) is 13.7. The molecule has 0 spiro atoms. The maximum absolute atomic E-state index is 12.7. The van der Waals surface area contributed by atoms with Crippen LogP contribution in [0.3, 0.4) is 0 Å². The summed E-state index contributed by atoms with van der Waals surface area (Å²) in [6.45, 7) is 2.26. The molecule has 3 heterocycles. The lowest BCUT2D eigenvalue weighted by Crippen LogP contribution is -2.32. The van der Waals surface area contributed by atoms with E-state index in [0.29, 0.717) is 30.0 Å². The van der Waals surface area contributed by atoms with E-state index in [4.69, 9.17) is 4.52 Å². The molecule has 1 amide bonds. The molecule has 1 saturated heterocycles. The number of aromatic nitrogens is 4. The zero-order valence-electron chi connectivity index (χ0n) is 15.5. The van der Waals surface area contributed by atoms with Crippen LogP contribution in [0.25, 0.3) is 11.4 Å². The normalized spacial score (nSPS) is 19.4. The minimum Gasteiger partial charge on any atom is -0.355 e. The first-order valence-corrected chi connectivity index (χ1v) is 8.77. The SMILES string of the molecule is Cn1cc(-c2noc([C@]3(C)CCNC3=O)n2)c(Nc2ccc(C(F)(F)F)cc2)n1. The van der Waals surface area contributed by atoms with Gasteiger partial charge in [-0.25, -0.2) is 0 Å². The number of nitrogens with one attached hydrogen (secondary N) is 2. The van der Waals surface area contributed by atoms with Crippen molar-refractivity contribution in [2.24, 2.45) is 7.05 Å². The third kappa shape index (κ3) is 3.43. The Kier molecular flexibility index (Phi) is 4.32. The van der Waals surface area contributed by atoms with Crippen molar-refractivity contribution >= 4 is 17.4 Å². The molecule has 2 N–H and O–H groups in total. The zero-order chi connectivity index (χ0) is 20.8. The Bertz CT molecular complexity index is 1060. The van der Waals surface area contributed by atoms with E-state index in [0.717, 1.165) is 12.1 Å². The number of anilines is 2. The Morgan fingerprint density at radius 3 is 2.62 bits per heavy atom. The van der Waals surface area contributed by atoms with Crippen LogP contribution in [-0.4, -0.2) is 32.4 Å². The third-order valence-electron chi connectivity index (χ3n) is 4.85. The monoisotopic (exact) mass is 406 g/mol. The van der Waals surface area contributed by atoms with Gasteiger partial charge in [0.2, 0.25) is 17.6 Å². The standard InChI is InChI=1S/C18H17F3N6O2/c1-17(7-8-22-15(17)28)16-24-14(26-29-16)12-9-27(2)25-13(12)23-11-5-3-10(4-6-11)18(19,20)21/h3-6,9H,7-8H2,1-2H3,(H,22,28)(H,23,25)/t17-/m1/s1. The Labute approximate surface area is 163 Å². The molecule has 0 aliphatic carbocycles. The predicted molar refractivity (Wildman–Crippen MR) is 96.2 cm³/mol. The fourth-order valence-corrected chi connectivity index (χ4v) is 3.12. The van der Waals surface area contributed by atoms with E-state index in [9.17, 15) is 18.0 Å². The summed E-state index contributed by atoms with van der Waals surface area (Å²) in [5.74, 6) is 0.595. The van der Waals surface area contributed by atoms with Crippen LogP contribution in [0.15, 0.2) is 35.0 Å². The van der Waals surface area contributed by atoms with Gasteiger partial charge in [-0.1, -0.05) is 5.16 Å². The molecule has 1 aliphatic heterocycles. The number of rotatable bonds is 4. The Morgan fingerprint density at radius 2 is 2.00 bits per heavy atom. The molecule has 29 heavy (non-hydrogen) atoms. The molecule has 0 bridgehead atoms. The number of carbonyl (C=O) groups is 1. The maximum Gasteiger partial charge on any atom is 0.416 e. The van der Waals surface area contributed by atoms with Gasteiger partial charge in [0.1, 0.15) is 5.41 Å². The van der Waals surface area contributed by atoms with Gasteiger partial charge in [-0.05, 0) is 37.6 Å². The number of hydrogen-bond acceptors (Lipinski definition) is 6. The molecule has 1 fully saturated rings. The number of halogens is 3. The van der Waals surface area contributed by atoms with Crippen LogP contribution in [0, 0.1) is 0 Å². The molecule has 1 atom stereocenters. The lowest BCUT2D eigenvalue weighted by molar-refractivity contribution is -0.137. The average molecular weight is 406 g/mol. The second kappa shape index (κ2) is 6.61. The van der Waals surface area contributed by atoms with Crippen LogP contribution in [0.1, 0.15) is 24.8 Å². The summed E-state index contributed by atoms with van der Waals surface area (Å²) < 4.78 is 45.0. The minimum atomic E-state index is -4.40. The smallest absolute Gasteiger partial charge is 0.355 e. The van der Waals surface area contributed by atoms with Crippen LogP contribution >= 0.6 is 0 Å². The summed E-state index contributed by atoms with van der Waals surface area (Å²) in [5.41, 5.74) is -0.725. The van der Waals surface area contributed by atoms with Gasteiger partial charge in [-0.3, -0.25) is 9.48 Å². The fourth-order valence-electron chi connectivity index (χ4n) is 3.12. The number of hydrogen-bond donors (Lipinski definition) is 2. The summed E-state index contributed by atoms with van der Waals surface area (Å²) in [5, 5.41) is 14.0. The van der Waals surface area contributed by atoms with Gasteiger partial charge < -0.3 is 15.2 Å². The fraction of sp³-hybridized carbons (Fsp3) is 0.333. The van der Waals surface area contributed by atoms with Crippen LogP contribution in [0.4, 0.5) is 24.7 Å². The molecule has 2 aromatic heterocycles. The third-order valence-corrected chi connectivity index (χ3v) is 4.85. The van der Waals surface area contributed by atoms with Crippen molar-refractivity contribution in [2.45, 2.75) is 24.9 Å². The van der Waals surface area contributed by atoms with E-state index < -0.39 is 17.2 Å². The van der Waals surface area contributed by atoms with E-state index in [1.54, 1.807) is 20.2 Å². The molecule has 8 nitrogen and oxygen atoms in total.